The molecule has 2 N–H and O–H groups in total. The van der Waals surface area contributed by atoms with Gasteiger partial charge >= 0.3 is 6.09 Å². The van der Waals surface area contributed by atoms with Crippen LogP contribution in [0.25, 0.3) is 11.0 Å². The maximum Gasteiger partial charge on any atom is 0.408 e. The standard InChI is InChI=1S/C23H29N5O3/c1-2-3-12-31-23(29)27-18-6-4-17(5-7-18)26-21-16-19(28-10-13-30-14-11-28)15-20-22(21)25-9-8-24-20/h8-9,15-18,26H,4-7,10-14H2,1H3,(H,27,29). The number of ether oxygens (including phenoxy) is 2. The van der Waals surface area contributed by atoms with Crippen LogP contribution in [0.15, 0.2) is 24.5 Å². The molecule has 2 heterocycles. The first kappa shape index (κ1) is 21.2. The number of anilines is 2. The van der Waals surface area contributed by atoms with E-state index in [0.717, 1.165) is 74.4 Å². The Morgan fingerprint density at radius 1 is 1.16 bits per heavy atom. The van der Waals surface area contributed by atoms with Crippen LogP contribution in [0.5, 0.6) is 0 Å². The van der Waals surface area contributed by atoms with E-state index < -0.39 is 6.09 Å². The Morgan fingerprint density at radius 2 is 1.90 bits per heavy atom. The third-order valence-corrected chi connectivity index (χ3v) is 5.80. The van der Waals surface area contributed by atoms with E-state index in [1.165, 1.54) is 0 Å². The molecule has 1 aromatic heterocycles. The Labute approximate surface area is 182 Å². The van der Waals surface area contributed by atoms with Crippen molar-refractivity contribution < 1.29 is 14.3 Å². The topological polar surface area (TPSA) is 88.6 Å². The number of benzene rings is 1. The molecule has 2 aromatic rings. The highest BCUT2D eigenvalue weighted by molar-refractivity contribution is 5.91. The predicted octanol–water partition coefficient (Wildman–Crippen LogP) is 2.94. The fourth-order valence-corrected chi connectivity index (χ4v) is 4.16. The van der Waals surface area contributed by atoms with Crippen molar-refractivity contribution in [2.45, 2.75) is 44.7 Å². The van der Waals surface area contributed by atoms with Crippen molar-refractivity contribution in [3.8, 4) is 11.8 Å². The molecular weight excluding hydrogens is 394 g/mol. The summed E-state index contributed by atoms with van der Waals surface area (Å²) in [6.07, 6.45) is 6.80. The van der Waals surface area contributed by atoms with Crippen LogP contribution in [0.3, 0.4) is 0 Å². The van der Waals surface area contributed by atoms with Crippen molar-refractivity contribution in [2.24, 2.45) is 0 Å². The average molecular weight is 424 g/mol. The van der Waals surface area contributed by atoms with Gasteiger partial charge in [0.2, 0.25) is 0 Å². The normalized spacial score (nSPS) is 21.1. The van der Waals surface area contributed by atoms with E-state index in [1.54, 1.807) is 19.3 Å². The summed E-state index contributed by atoms with van der Waals surface area (Å²) in [4.78, 5) is 23.3. The lowest BCUT2D eigenvalue weighted by Gasteiger charge is -2.32. The second kappa shape index (κ2) is 10.3. The zero-order chi connectivity index (χ0) is 21.5. The summed E-state index contributed by atoms with van der Waals surface area (Å²) in [5.41, 5.74) is 3.94. The van der Waals surface area contributed by atoms with Gasteiger partial charge in [-0.3, -0.25) is 9.97 Å². The highest BCUT2D eigenvalue weighted by atomic mass is 16.5. The van der Waals surface area contributed by atoms with Crippen molar-refractivity contribution in [1.82, 2.24) is 15.3 Å². The summed E-state index contributed by atoms with van der Waals surface area (Å²) in [7, 11) is 0. The van der Waals surface area contributed by atoms with Crippen molar-refractivity contribution in [1.29, 1.82) is 0 Å². The van der Waals surface area contributed by atoms with Gasteiger partial charge in [-0.15, -0.1) is 5.92 Å². The smallest absolute Gasteiger partial charge is 0.408 e. The van der Waals surface area contributed by atoms with E-state index in [1.807, 2.05) is 0 Å². The highest BCUT2D eigenvalue weighted by Gasteiger charge is 2.24. The van der Waals surface area contributed by atoms with Gasteiger partial charge in [-0.1, -0.05) is 5.92 Å². The van der Waals surface area contributed by atoms with Crippen LogP contribution < -0.4 is 15.5 Å². The summed E-state index contributed by atoms with van der Waals surface area (Å²) in [6, 6.07) is 4.74. The summed E-state index contributed by atoms with van der Waals surface area (Å²) >= 11 is 0. The minimum atomic E-state index is -0.390. The maximum atomic E-state index is 11.8. The summed E-state index contributed by atoms with van der Waals surface area (Å²) in [6.45, 7) is 5.09. The van der Waals surface area contributed by atoms with Crippen LogP contribution in [0.4, 0.5) is 16.2 Å². The molecule has 31 heavy (non-hydrogen) atoms. The minimum absolute atomic E-state index is 0.132. The fourth-order valence-electron chi connectivity index (χ4n) is 4.16. The van der Waals surface area contributed by atoms with E-state index in [2.05, 4.69) is 49.5 Å². The predicted molar refractivity (Wildman–Crippen MR) is 120 cm³/mol. The highest BCUT2D eigenvalue weighted by Crippen LogP contribution is 2.31. The second-order valence-corrected chi connectivity index (χ2v) is 7.86. The molecule has 1 aliphatic heterocycles. The molecule has 0 unspecified atom stereocenters. The third-order valence-electron chi connectivity index (χ3n) is 5.80. The molecule has 0 spiro atoms. The summed E-state index contributed by atoms with van der Waals surface area (Å²) in [5.74, 6) is 5.44. The Bertz CT molecular complexity index is 957. The van der Waals surface area contributed by atoms with Crippen LogP contribution in [0.2, 0.25) is 0 Å². The van der Waals surface area contributed by atoms with E-state index >= 15 is 0 Å². The lowest BCUT2D eigenvalue weighted by atomic mass is 9.91. The number of carbonyl (C=O) groups is 1. The molecular formula is C23H29N5O3. The zero-order valence-electron chi connectivity index (χ0n) is 17.9. The number of hydrogen-bond donors (Lipinski definition) is 2. The van der Waals surface area contributed by atoms with Gasteiger partial charge in [0.1, 0.15) is 5.52 Å². The number of nitrogens with zero attached hydrogens (tertiary/aromatic N) is 3. The van der Waals surface area contributed by atoms with Crippen molar-refractivity contribution in [3.63, 3.8) is 0 Å². The van der Waals surface area contributed by atoms with Gasteiger partial charge in [0.25, 0.3) is 0 Å². The second-order valence-electron chi connectivity index (χ2n) is 7.86. The molecule has 2 fully saturated rings. The molecule has 1 amide bonds. The molecule has 1 saturated carbocycles. The Kier molecular flexibility index (Phi) is 7.05. The Balaban J connectivity index is 1.39. The molecule has 8 heteroatoms. The summed E-state index contributed by atoms with van der Waals surface area (Å²) in [5, 5.41) is 6.64. The van der Waals surface area contributed by atoms with E-state index in [0.29, 0.717) is 6.04 Å². The van der Waals surface area contributed by atoms with Gasteiger partial charge in [-0.25, -0.2) is 4.79 Å². The molecule has 1 aromatic carbocycles. The maximum absolute atomic E-state index is 11.8. The van der Waals surface area contributed by atoms with E-state index in [4.69, 9.17) is 9.47 Å². The van der Waals surface area contributed by atoms with Crippen molar-refractivity contribution >= 4 is 28.5 Å². The summed E-state index contributed by atoms with van der Waals surface area (Å²) < 4.78 is 10.6. The molecule has 8 nitrogen and oxygen atoms in total. The Hall–Kier alpha value is -3.05. The van der Waals surface area contributed by atoms with Crippen LogP contribution >= 0.6 is 0 Å². The Morgan fingerprint density at radius 3 is 2.68 bits per heavy atom. The number of nitrogens with one attached hydrogen (secondary N) is 2. The first-order valence-electron chi connectivity index (χ1n) is 10.9. The zero-order valence-corrected chi connectivity index (χ0v) is 17.9. The van der Waals surface area contributed by atoms with Crippen LogP contribution in [0, 0.1) is 11.8 Å². The molecule has 0 bridgehead atoms. The average Bonchev–Trinajstić information content (AvgIpc) is 2.81. The first-order valence-corrected chi connectivity index (χ1v) is 10.9. The van der Waals surface area contributed by atoms with Gasteiger partial charge < -0.3 is 25.0 Å². The number of fused-ring (bicyclic) bond motifs is 1. The van der Waals surface area contributed by atoms with E-state index in [-0.39, 0.29) is 12.6 Å². The van der Waals surface area contributed by atoms with Crippen molar-refractivity contribution in [2.75, 3.05) is 43.1 Å². The molecule has 164 valence electrons. The molecule has 2 aliphatic rings. The van der Waals surface area contributed by atoms with Crippen LogP contribution in [0.1, 0.15) is 32.6 Å². The van der Waals surface area contributed by atoms with Gasteiger partial charge in [0.05, 0.1) is 24.4 Å². The van der Waals surface area contributed by atoms with Crippen LogP contribution in [-0.2, 0) is 9.47 Å². The number of alkyl carbamates (subject to hydrolysis) is 1. The SMILES string of the molecule is CC#CCOC(=O)NC1CCC(Nc2cc(N3CCOCC3)cc3nccnc23)CC1. The number of hydrogen-bond acceptors (Lipinski definition) is 7. The molecule has 1 saturated heterocycles. The number of morpholine rings is 1. The lowest BCUT2D eigenvalue weighted by Crippen LogP contribution is -2.40. The molecule has 0 atom stereocenters. The minimum Gasteiger partial charge on any atom is -0.436 e. The molecule has 1 aliphatic carbocycles. The largest absolute Gasteiger partial charge is 0.436 e. The first-order chi connectivity index (χ1) is 15.2. The van der Waals surface area contributed by atoms with Gasteiger partial charge in [0.15, 0.2) is 6.61 Å². The van der Waals surface area contributed by atoms with Gasteiger partial charge in [-0.05, 0) is 44.7 Å². The molecule has 4 rings (SSSR count). The quantitative estimate of drug-likeness (QED) is 0.715. The lowest BCUT2D eigenvalue weighted by molar-refractivity contribution is 0.122. The van der Waals surface area contributed by atoms with Crippen molar-refractivity contribution in [3.05, 3.63) is 24.5 Å². The number of amides is 1. The van der Waals surface area contributed by atoms with Gasteiger partial charge in [-0.2, -0.15) is 0 Å². The van der Waals surface area contributed by atoms with Crippen LogP contribution in [-0.4, -0.2) is 61.1 Å². The number of carbonyl (C=O) groups excluding carboxylic acids is 1. The fraction of sp³-hybridized carbons (Fsp3) is 0.522. The monoisotopic (exact) mass is 423 g/mol. The van der Waals surface area contributed by atoms with E-state index in [9.17, 15) is 4.79 Å². The number of rotatable bonds is 5. The molecule has 0 radical (unpaired) electrons. The third kappa shape index (κ3) is 5.56. The number of aromatic nitrogens is 2. The van der Waals surface area contributed by atoms with Gasteiger partial charge in [0, 0.05) is 43.3 Å².